The number of sulfonamides is 1. The number of benzene rings is 2. The maximum atomic E-state index is 12.3. The van der Waals surface area contributed by atoms with Gasteiger partial charge in [0, 0.05) is 11.3 Å². The van der Waals surface area contributed by atoms with Crippen LogP contribution in [0.3, 0.4) is 0 Å². The van der Waals surface area contributed by atoms with Gasteiger partial charge in [0.1, 0.15) is 0 Å². The highest BCUT2D eigenvalue weighted by molar-refractivity contribution is 7.92. The fourth-order valence-corrected chi connectivity index (χ4v) is 3.05. The lowest BCUT2D eigenvalue weighted by atomic mass is 10.1. The van der Waals surface area contributed by atoms with E-state index in [-0.39, 0.29) is 16.6 Å². The number of hydrogen-bond donors (Lipinski definition) is 2. The molecule has 0 saturated heterocycles. The van der Waals surface area contributed by atoms with Crippen LogP contribution in [0.2, 0.25) is 5.02 Å². The van der Waals surface area contributed by atoms with Crippen LogP contribution in [0.25, 0.3) is 0 Å². The van der Waals surface area contributed by atoms with Crippen LogP contribution >= 0.6 is 11.6 Å². The van der Waals surface area contributed by atoms with E-state index in [0.29, 0.717) is 11.3 Å². The number of amides is 1. The van der Waals surface area contributed by atoms with E-state index < -0.39 is 10.0 Å². The van der Waals surface area contributed by atoms with E-state index >= 15 is 0 Å². The molecule has 0 unspecified atom stereocenters. The van der Waals surface area contributed by atoms with Gasteiger partial charge in [-0.05, 0) is 55.3 Å². The van der Waals surface area contributed by atoms with Gasteiger partial charge in [0.2, 0.25) is 10.0 Å². The van der Waals surface area contributed by atoms with Gasteiger partial charge in [-0.25, -0.2) is 8.42 Å². The van der Waals surface area contributed by atoms with E-state index in [1.54, 1.807) is 0 Å². The molecule has 0 spiro atoms. The molecule has 1 amide bonds. The molecule has 0 atom stereocenters. The zero-order valence-electron chi connectivity index (χ0n) is 13.0. The lowest BCUT2D eigenvalue weighted by Crippen LogP contribution is -2.13. The van der Waals surface area contributed by atoms with Crippen molar-refractivity contribution in [2.24, 2.45) is 0 Å². The Labute approximate surface area is 140 Å². The molecule has 0 aliphatic carbocycles. The Kier molecular flexibility index (Phi) is 4.97. The maximum Gasteiger partial charge on any atom is 0.255 e. The maximum absolute atomic E-state index is 12.3. The number of halogens is 1. The summed E-state index contributed by atoms with van der Waals surface area (Å²) in [6, 6.07) is 10.1. The van der Waals surface area contributed by atoms with Crippen molar-refractivity contribution < 1.29 is 13.2 Å². The first-order chi connectivity index (χ1) is 10.6. The summed E-state index contributed by atoms with van der Waals surface area (Å²) in [5, 5.41) is 2.95. The van der Waals surface area contributed by atoms with Crippen LogP contribution in [0.15, 0.2) is 36.4 Å². The normalized spacial score (nSPS) is 11.1. The van der Waals surface area contributed by atoms with Crippen LogP contribution in [0.5, 0.6) is 0 Å². The number of anilines is 2. The average molecular weight is 353 g/mol. The van der Waals surface area contributed by atoms with Crippen molar-refractivity contribution >= 4 is 38.9 Å². The molecular formula is C16H17ClN2O3S. The Morgan fingerprint density at radius 1 is 1.04 bits per heavy atom. The topological polar surface area (TPSA) is 75.3 Å². The standard InChI is InChI=1S/C16H17ClN2O3S/c1-10-6-11(2)8-13(7-10)18-16(20)12-4-5-15(14(17)9-12)19-23(3,21)22/h4-9,19H,1-3H3,(H,18,20). The Balaban J connectivity index is 2.21. The number of aryl methyl sites for hydroxylation is 2. The third kappa shape index (κ3) is 4.97. The van der Waals surface area contributed by atoms with Gasteiger partial charge in [0.05, 0.1) is 17.0 Å². The summed E-state index contributed by atoms with van der Waals surface area (Å²) in [7, 11) is -3.43. The van der Waals surface area contributed by atoms with Crippen molar-refractivity contribution in [2.45, 2.75) is 13.8 Å². The number of hydrogen-bond acceptors (Lipinski definition) is 3. The first-order valence-corrected chi connectivity index (χ1v) is 9.08. The molecule has 0 radical (unpaired) electrons. The SMILES string of the molecule is Cc1cc(C)cc(NC(=O)c2ccc(NS(C)(=O)=O)c(Cl)c2)c1. The molecule has 0 aliphatic rings. The van der Waals surface area contributed by atoms with E-state index in [0.717, 1.165) is 17.4 Å². The minimum absolute atomic E-state index is 0.156. The molecule has 2 aromatic rings. The third-order valence-electron chi connectivity index (χ3n) is 3.01. The Morgan fingerprint density at radius 2 is 1.65 bits per heavy atom. The van der Waals surface area contributed by atoms with Gasteiger partial charge in [0.15, 0.2) is 0 Å². The largest absolute Gasteiger partial charge is 0.322 e. The van der Waals surface area contributed by atoms with E-state index in [1.807, 2.05) is 32.0 Å². The number of nitrogens with one attached hydrogen (secondary N) is 2. The highest BCUT2D eigenvalue weighted by Gasteiger charge is 2.11. The van der Waals surface area contributed by atoms with E-state index in [2.05, 4.69) is 10.0 Å². The van der Waals surface area contributed by atoms with Gasteiger partial charge in [-0.15, -0.1) is 0 Å². The summed E-state index contributed by atoms with van der Waals surface area (Å²) in [6.07, 6.45) is 1.03. The number of carbonyl (C=O) groups excluding carboxylic acids is 1. The molecule has 23 heavy (non-hydrogen) atoms. The smallest absolute Gasteiger partial charge is 0.255 e. The summed E-state index contributed by atoms with van der Waals surface area (Å²) in [4.78, 5) is 12.3. The van der Waals surface area contributed by atoms with Crippen molar-refractivity contribution in [1.29, 1.82) is 0 Å². The Bertz CT molecular complexity index is 843. The van der Waals surface area contributed by atoms with Gasteiger partial charge in [0.25, 0.3) is 5.91 Å². The monoisotopic (exact) mass is 352 g/mol. The summed E-state index contributed by atoms with van der Waals surface area (Å²) < 4.78 is 24.7. The minimum Gasteiger partial charge on any atom is -0.322 e. The van der Waals surface area contributed by atoms with Crippen LogP contribution in [0.4, 0.5) is 11.4 Å². The first kappa shape index (κ1) is 17.3. The second-order valence-electron chi connectivity index (χ2n) is 5.40. The van der Waals surface area contributed by atoms with Crippen molar-refractivity contribution in [1.82, 2.24) is 0 Å². The molecular weight excluding hydrogens is 336 g/mol. The van der Waals surface area contributed by atoms with E-state index in [1.165, 1.54) is 18.2 Å². The number of rotatable bonds is 4. The number of carbonyl (C=O) groups is 1. The Morgan fingerprint density at radius 3 is 2.17 bits per heavy atom. The molecule has 0 fully saturated rings. The molecule has 122 valence electrons. The van der Waals surface area contributed by atoms with Crippen LogP contribution in [-0.2, 0) is 10.0 Å². The van der Waals surface area contributed by atoms with Crippen LogP contribution in [0, 0.1) is 13.8 Å². The molecule has 0 bridgehead atoms. The van der Waals surface area contributed by atoms with Gasteiger partial charge < -0.3 is 5.32 Å². The van der Waals surface area contributed by atoms with Gasteiger partial charge >= 0.3 is 0 Å². The predicted octanol–water partition coefficient (Wildman–Crippen LogP) is 3.58. The summed E-state index contributed by atoms with van der Waals surface area (Å²) >= 11 is 6.03. The minimum atomic E-state index is -3.43. The summed E-state index contributed by atoms with van der Waals surface area (Å²) in [5.41, 5.74) is 3.37. The molecule has 5 nitrogen and oxygen atoms in total. The second kappa shape index (κ2) is 6.60. The first-order valence-electron chi connectivity index (χ1n) is 6.81. The van der Waals surface area contributed by atoms with Gasteiger partial charge in [-0.3, -0.25) is 9.52 Å². The highest BCUT2D eigenvalue weighted by atomic mass is 35.5. The van der Waals surface area contributed by atoms with Gasteiger partial charge in [-0.1, -0.05) is 17.7 Å². The molecule has 7 heteroatoms. The summed E-state index contributed by atoms with van der Waals surface area (Å²) in [5.74, 6) is -0.317. The van der Waals surface area contributed by atoms with E-state index in [4.69, 9.17) is 11.6 Å². The van der Waals surface area contributed by atoms with Crippen LogP contribution < -0.4 is 10.0 Å². The zero-order chi connectivity index (χ0) is 17.2. The molecule has 2 rings (SSSR count). The highest BCUT2D eigenvalue weighted by Crippen LogP contribution is 2.24. The molecule has 2 N–H and O–H groups in total. The predicted molar refractivity (Wildman–Crippen MR) is 93.8 cm³/mol. The van der Waals surface area contributed by atoms with E-state index in [9.17, 15) is 13.2 Å². The molecule has 2 aromatic carbocycles. The third-order valence-corrected chi connectivity index (χ3v) is 3.91. The molecule has 0 heterocycles. The van der Waals surface area contributed by atoms with Crippen molar-refractivity contribution in [3.8, 4) is 0 Å². The van der Waals surface area contributed by atoms with Crippen molar-refractivity contribution in [3.05, 3.63) is 58.1 Å². The van der Waals surface area contributed by atoms with Crippen LogP contribution in [0.1, 0.15) is 21.5 Å². The Hall–Kier alpha value is -2.05. The zero-order valence-corrected chi connectivity index (χ0v) is 14.5. The van der Waals surface area contributed by atoms with Gasteiger partial charge in [-0.2, -0.15) is 0 Å². The summed E-state index contributed by atoms with van der Waals surface area (Å²) in [6.45, 7) is 3.90. The van der Waals surface area contributed by atoms with Crippen LogP contribution in [-0.4, -0.2) is 20.6 Å². The fourth-order valence-electron chi connectivity index (χ4n) is 2.19. The quantitative estimate of drug-likeness (QED) is 0.883. The fraction of sp³-hybridized carbons (Fsp3) is 0.188. The molecule has 0 aliphatic heterocycles. The average Bonchev–Trinajstić information content (AvgIpc) is 2.38. The lowest BCUT2D eigenvalue weighted by Gasteiger charge is -2.10. The van der Waals surface area contributed by atoms with Crippen molar-refractivity contribution in [3.63, 3.8) is 0 Å². The second-order valence-corrected chi connectivity index (χ2v) is 7.56. The molecule has 0 saturated carbocycles. The lowest BCUT2D eigenvalue weighted by molar-refractivity contribution is 0.102. The molecule has 0 aromatic heterocycles. The van der Waals surface area contributed by atoms with Crippen molar-refractivity contribution in [2.75, 3.05) is 16.3 Å².